The van der Waals surface area contributed by atoms with Crippen LogP contribution in [0.1, 0.15) is 13.8 Å². The molecule has 0 aromatic carbocycles. The van der Waals surface area contributed by atoms with Crippen molar-refractivity contribution in [2.45, 2.75) is 19.9 Å². The van der Waals surface area contributed by atoms with Crippen LogP contribution in [0.15, 0.2) is 6.33 Å². The minimum Gasteiger partial charge on any atom is -0.490 e. The number of ether oxygens (including phenoxy) is 1. The summed E-state index contributed by atoms with van der Waals surface area (Å²) in [4.78, 5) is 10.6. The number of hydrogen-bond donors (Lipinski definition) is 2. The highest BCUT2D eigenvalue weighted by molar-refractivity contribution is 5.63. The van der Waals surface area contributed by atoms with E-state index in [2.05, 4.69) is 53.4 Å². The van der Waals surface area contributed by atoms with Crippen LogP contribution in [-0.2, 0) is 0 Å². The molecule has 0 spiro atoms. The van der Waals surface area contributed by atoms with Crippen LogP contribution in [0.3, 0.4) is 0 Å². The maximum Gasteiger partial charge on any atom is 0.204 e. The number of anilines is 2. The third-order valence-corrected chi connectivity index (χ3v) is 2.93. The molecular formula is C13H25N5O. The van der Waals surface area contributed by atoms with Crippen LogP contribution in [0.4, 0.5) is 11.6 Å². The summed E-state index contributed by atoms with van der Waals surface area (Å²) in [6.45, 7) is 5.31. The lowest BCUT2D eigenvalue weighted by Crippen LogP contribution is -2.36. The number of nitrogens with one attached hydrogen (secondary N) is 2. The predicted molar refractivity (Wildman–Crippen MR) is 78.9 cm³/mol. The van der Waals surface area contributed by atoms with Gasteiger partial charge in [0, 0.05) is 19.6 Å². The first-order chi connectivity index (χ1) is 8.99. The number of rotatable bonds is 7. The van der Waals surface area contributed by atoms with Crippen molar-refractivity contribution in [3.05, 3.63) is 6.33 Å². The SMILES string of the molecule is CNc1ncnc(NC(CN(C)C)C(C)C)c1OC. The zero-order valence-corrected chi connectivity index (χ0v) is 12.7. The quantitative estimate of drug-likeness (QED) is 0.781. The van der Waals surface area contributed by atoms with Crippen LogP contribution in [0.5, 0.6) is 5.75 Å². The summed E-state index contributed by atoms with van der Waals surface area (Å²) in [5.74, 6) is 2.55. The average molecular weight is 267 g/mol. The molecule has 1 aromatic heterocycles. The van der Waals surface area contributed by atoms with E-state index in [4.69, 9.17) is 4.74 Å². The number of likely N-dealkylation sites (N-methyl/N-ethyl adjacent to an activating group) is 1. The van der Waals surface area contributed by atoms with Crippen LogP contribution in [0.2, 0.25) is 0 Å². The molecule has 1 heterocycles. The van der Waals surface area contributed by atoms with Gasteiger partial charge in [0.25, 0.3) is 0 Å². The van der Waals surface area contributed by atoms with Gasteiger partial charge in [-0.25, -0.2) is 9.97 Å². The Hall–Kier alpha value is -1.56. The van der Waals surface area contributed by atoms with Gasteiger partial charge in [0.05, 0.1) is 7.11 Å². The van der Waals surface area contributed by atoms with E-state index in [-0.39, 0.29) is 0 Å². The molecule has 19 heavy (non-hydrogen) atoms. The largest absolute Gasteiger partial charge is 0.490 e. The smallest absolute Gasteiger partial charge is 0.204 e. The second kappa shape index (κ2) is 7.13. The van der Waals surface area contributed by atoms with E-state index >= 15 is 0 Å². The summed E-state index contributed by atoms with van der Waals surface area (Å²) < 4.78 is 5.39. The van der Waals surface area contributed by atoms with Gasteiger partial charge in [-0.2, -0.15) is 0 Å². The molecule has 0 saturated heterocycles. The van der Waals surface area contributed by atoms with Gasteiger partial charge in [-0.05, 0) is 20.0 Å². The summed E-state index contributed by atoms with van der Waals surface area (Å²) >= 11 is 0. The maximum atomic E-state index is 5.39. The highest BCUT2D eigenvalue weighted by Crippen LogP contribution is 2.29. The molecule has 0 amide bonds. The molecule has 0 aliphatic rings. The lowest BCUT2D eigenvalue weighted by Gasteiger charge is -2.26. The van der Waals surface area contributed by atoms with E-state index in [1.165, 1.54) is 6.33 Å². The van der Waals surface area contributed by atoms with Crippen LogP contribution >= 0.6 is 0 Å². The van der Waals surface area contributed by atoms with Crippen LogP contribution in [-0.4, -0.2) is 55.7 Å². The van der Waals surface area contributed by atoms with E-state index in [9.17, 15) is 0 Å². The summed E-state index contributed by atoms with van der Waals surface area (Å²) in [5.41, 5.74) is 0. The van der Waals surface area contributed by atoms with E-state index < -0.39 is 0 Å². The highest BCUT2D eigenvalue weighted by Gasteiger charge is 2.18. The molecule has 1 unspecified atom stereocenters. The molecule has 6 nitrogen and oxygen atoms in total. The van der Waals surface area contributed by atoms with Gasteiger partial charge in [-0.1, -0.05) is 13.8 Å². The molecule has 1 aromatic rings. The van der Waals surface area contributed by atoms with E-state index in [0.717, 1.165) is 12.4 Å². The first-order valence-corrected chi connectivity index (χ1v) is 6.47. The first kappa shape index (κ1) is 15.5. The molecule has 6 heteroatoms. The number of nitrogens with zero attached hydrogens (tertiary/aromatic N) is 3. The summed E-state index contributed by atoms with van der Waals surface area (Å²) in [5, 5.41) is 6.45. The normalized spacial score (nSPS) is 12.6. The van der Waals surface area contributed by atoms with E-state index in [1.807, 2.05) is 7.05 Å². The molecule has 0 bridgehead atoms. The Morgan fingerprint density at radius 1 is 1.26 bits per heavy atom. The third kappa shape index (κ3) is 4.24. The number of hydrogen-bond acceptors (Lipinski definition) is 6. The standard InChI is InChI=1S/C13H25N5O/c1-9(2)10(7-18(4)5)17-13-11(19-6)12(14-3)15-8-16-13/h8-10H,7H2,1-6H3,(H2,14,15,16,17). The lowest BCUT2D eigenvalue weighted by molar-refractivity contribution is 0.342. The summed E-state index contributed by atoms with van der Waals surface area (Å²) in [7, 11) is 7.57. The van der Waals surface area contributed by atoms with Crippen molar-refractivity contribution in [1.82, 2.24) is 14.9 Å². The van der Waals surface area contributed by atoms with Crippen molar-refractivity contribution >= 4 is 11.6 Å². The monoisotopic (exact) mass is 267 g/mol. The Balaban J connectivity index is 2.95. The van der Waals surface area contributed by atoms with Crippen molar-refractivity contribution in [2.75, 3.05) is 45.4 Å². The zero-order chi connectivity index (χ0) is 14.4. The second-order valence-electron chi connectivity index (χ2n) is 5.11. The topological polar surface area (TPSA) is 62.3 Å². The predicted octanol–water partition coefficient (Wildman–Crippen LogP) is 1.52. The van der Waals surface area contributed by atoms with Crippen LogP contribution < -0.4 is 15.4 Å². The van der Waals surface area contributed by atoms with Crippen molar-refractivity contribution < 1.29 is 4.74 Å². The molecule has 1 atom stereocenters. The van der Waals surface area contributed by atoms with Crippen LogP contribution in [0.25, 0.3) is 0 Å². The maximum absolute atomic E-state index is 5.39. The fourth-order valence-corrected chi connectivity index (χ4v) is 1.84. The molecule has 1 rings (SSSR count). The van der Waals surface area contributed by atoms with E-state index in [1.54, 1.807) is 7.11 Å². The number of methoxy groups -OCH3 is 1. The molecule has 2 N–H and O–H groups in total. The second-order valence-corrected chi connectivity index (χ2v) is 5.11. The Bertz CT molecular complexity index is 395. The number of aromatic nitrogens is 2. The van der Waals surface area contributed by atoms with Gasteiger partial charge in [0.15, 0.2) is 11.6 Å². The van der Waals surface area contributed by atoms with Gasteiger partial charge < -0.3 is 20.3 Å². The van der Waals surface area contributed by atoms with Crippen LogP contribution in [0, 0.1) is 5.92 Å². The minimum atomic E-state index is 0.295. The average Bonchev–Trinajstić information content (AvgIpc) is 2.36. The van der Waals surface area contributed by atoms with Gasteiger partial charge in [-0.15, -0.1) is 0 Å². The Morgan fingerprint density at radius 3 is 2.37 bits per heavy atom. The van der Waals surface area contributed by atoms with E-state index in [0.29, 0.717) is 23.5 Å². The Morgan fingerprint density at radius 2 is 1.89 bits per heavy atom. The van der Waals surface area contributed by atoms with Crippen molar-refractivity contribution in [1.29, 1.82) is 0 Å². The molecule has 0 saturated carbocycles. The Kier molecular flexibility index (Phi) is 5.82. The van der Waals surface area contributed by atoms with Gasteiger partial charge in [0.2, 0.25) is 5.75 Å². The molecule has 0 fully saturated rings. The van der Waals surface area contributed by atoms with Crippen molar-refractivity contribution in [3.8, 4) is 5.75 Å². The molecule has 108 valence electrons. The zero-order valence-electron chi connectivity index (χ0n) is 12.7. The highest BCUT2D eigenvalue weighted by atomic mass is 16.5. The van der Waals surface area contributed by atoms with Gasteiger partial charge >= 0.3 is 0 Å². The Labute approximate surface area is 115 Å². The summed E-state index contributed by atoms with van der Waals surface area (Å²) in [6, 6.07) is 0.295. The van der Waals surface area contributed by atoms with Gasteiger partial charge in [-0.3, -0.25) is 0 Å². The molecule has 0 radical (unpaired) electrons. The molecule has 0 aliphatic heterocycles. The fraction of sp³-hybridized carbons (Fsp3) is 0.692. The molecule has 0 aliphatic carbocycles. The fourth-order valence-electron chi connectivity index (χ4n) is 1.84. The lowest BCUT2D eigenvalue weighted by atomic mass is 10.0. The minimum absolute atomic E-state index is 0.295. The summed E-state index contributed by atoms with van der Waals surface area (Å²) in [6.07, 6.45) is 1.53. The third-order valence-electron chi connectivity index (χ3n) is 2.93. The first-order valence-electron chi connectivity index (χ1n) is 6.47. The van der Waals surface area contributed by atoms with Crippen molar-refractivity contribution in [2.24, 2.45) is 5.92 Å². The van der Waals surface area contributed by atoms with Gasteiger partial charge in [0.1, 0.15) is 6.33 Å². The van der Waals surface area contributed by atoms with Crippen molar-refractivity contribution in [3.63, 3.8) is 0 Å². The molecular weight excluding hydrogens is 242 g/mol.